The number of fused-ring (bicyclic) bond motifs is 1. The molecule has 2 aromatic heterocycles. The molecule has 0 spiro atoms. The first-order chi connectivity index (χ1) is 16.5. The molecule has 0 radical (unpaired) electrons. The number of thioether (sulfide) groups is 1. The van der Waals surface area contributed by atoms with Crippen LogP contribution in [0.25, 0.3) is 4.91 Å². The van der Waals surface area contributed by atoms with E-state index in [-0.39, 0.29) is 12.5 Å². The number of aromatic nitrogens is 4. The zero-order valence-corrected chi connectivity index (χ0v) is 19.9. The van der Waals surface area contributed by atoms with E-state index in [0.717, 1.165) is 28.9 Å². The highest BCUT2D eigenvalue weighted by Gasteiger charge is 2.50. The van der Waals surface area contributed by atoms with E-state index < -0.39 is 17.3 Å². The summed E-state index contributed by atoms with van der Waals surface area (Å²) in [6.45, 7) is 0.188. The summed E-state index contributed by atoms with van der Waals surface area (Å²) in [5.74, 6) is 0.718. The van der Waals surface area contributed by atoms with Gasteiger partial charge in [0.25, 0.3) is 5.91 Å². The number of carbonyl (C=O) groups is 2. The molecule has 34 heavy (non-hydrogen) atoms. The van der Waals surface area contributed by atoms with Crippen molar-refractivity contribution >= 4 is 45.9 Å². The highest BCUT2D eigenvalue weighted by Crippen LogP contribution is 2.47. The number of aryl methyl sites for hydroxylation is 1. The van der Waals surface area contributed by atoms with E-state index in [0.29, 0.717) is 22.5 Å². The second-order valence-electron chi connectivity index (χ2n) is 8.71. The summed E-state index contributed by atoms with van der Waals surface area (Å²) in [7, 11) is 1.78. The maximum absolute atomic E-state index is 13.8. The SMILES string of the molecule is Cn1cnc(CN2C(=O)N(c3cncc(C4CC4)c3)C(=O)C3SC(c4ccccc4Cl)=CC32)n1. The van der Waals surface area contributed by atoms with E-state index in [1.54, 1.807) is 29.2 Å². The molecule has 2 fully saturated rings. The molecule has 172 valence electrons. The molecule has 1 aromatic carbocycles. The summed E-state index contributed by atoms with van der Waals surface area (Å²) in [4.78, 5) is 39.9. The number of amides is 3. The minimum atomic E-state index is -0.503. The molecule has 1 saturated heterocycles. The Morgan fingerprint density at radius 1 is 1.18 bits per heavy atom. The first-order valence-electron chi connectivity index (χ1n) is 11.1. The van der Waals surface area contributed by atoms with Crippen molar-refractivity contribution in [2.45, 2.75) is 36.6 Å². The van der Waals surface area contributed by atoms with Crippen LogP contribution in [0.3, 0.4) is 0 Å². The fourth-order valence-electron chi connectivity index (χ4n) is 4.46. The number of hydrogen-bond donors (Lipinski definition) is 0. The van der Waals surface area contributed by atoms with E-state index >= 15 is 0 Å². The van der Waals surface area contributed by atoms with Gasteiger partial charge in [-0.25, -0.2) is 14.7 Å². The summed E-state index contributed by atoms with van der Waals surface area (Å²) in [6, 6.07) is 8.62. The Hall–Kier alpha value is -3.17. The molecular formula is C24H21ClN6O2S. The summed E-state index contributed by atoms with van der Waals surface area (Å²) in [5, 5.41) is 4.46. The predicted octanol–water partition coefficient (Wildman–Crippen LogP) is 4.23. The predicted molar refractivity (Wildman–Crippen MR) is 130 cm³/mol. The summed E-state index contributed by atoms with van der Waals surface area (Å²) >= 11 is 7.89. The number of imide groups is 1. The number of pyridine rings is 1. The van der Waals surface area contributed by atoms with Crippen molar-refractivity contribution in [3.8, 4) is 0 Å². The fourth-order valence-corrected chi connectivity index (χ4v) is 6.12. The van der Waals surface area contributed by atoms with Gasteiger partial charge in [0.2, 0.25) is 0 Å². The number of urea groups is 1. The molecule has 8 nitrogen and oxygen atoms in total. The average Bonchev–Trinajstić information content (AvgIpc) is 3.46. The molecule has 6 rings (SSSR count). The number of rotatable bonds is 5. The lowest BCUT2D eigenvalue weighted by atomic mass is 10.0. The van der Waals surface area contributed by atoms with E-state index in [4.69, 9.17) is 11.6 Å². The van der Waals surface area contributed by atoms with Gasteiger partial charge in [0.1, 0.15) is 11.6 Å². The van der Waals surface area contributed by atoms with Crippen molar-refractivity contribution < 1.29 is 9.59 Å². The lowest BCUT2D eigenvalue weighted by Crippen LogP contribution is -2.61. The number of nitrogens with zero attached hydrogens (tertiary/aromatic N) is 6. The van der Waals surface area contributed by atoms with Gasteiger partial charge in [-0.05, 0) is 42.5 Å². The van der Waals surface area contributed by atoms with Crippen LogP contribution < -0.4 is 4.90 Å². The molecular weight excluding hydrogens is 472 g/mol. The second-order valence-corrected chi connectivity index (χ2v) is 10.3. The highest BCUT2D eigenvalue weighted by molar-refractivity contribution is 8.09. The first kappa shape index (κ1) is 21.4. The minimum Gasteiger partial charge on any atom is -0.308 e. The molecule has 3 aliphatic rings. The van der Waals surface area contributed by atoms with Gasteiger partial charge in [0.15, 0.2) is 5.82 Å². The standard InChI is InChI=1S/C24H21ClN6O2S/c1-29-13-27-21(28-29)12-30-19-9-20(17-4-2-3-5-18(17)25)34-22(19)23(32)31(24(30)33)16-8-15(10-26-11-16)14-6-7-14/h2-5,8-11,13-14,19,22H,6-7,12H2,1H3. The zero-order valence-electron chi connectivity index (χ0n) is 18.3. The zero-order chi connectivity index (χ0) is 23.4. The molecule has 0 N–H and O–H groups in total. The van der Waals surface area contributed by atoms with Gasteiger partial charge in [-0.1, -0.05) is 29.8 Å². The number of halogens is 1. The lowest BCUT2D eigenvalue weighted by molar-refractivity contribution is -0.119. The van der Waals surface area contributed by atoms with Gasteiger partial charge in [-0.3, -0.25) is 14.5 Å². The lowest BCUT2D eigenvalue weighted by Gasteiger charge is -2.40. The van der Waals surface area contributed by atoms with Crippen LogP contribution in [0.2, 0.25) is 5.02 Å². The van der Waals surface area contributed by atoms with Gasteiger partial charge < -0.3 is 4.90 Å². The molecule has 3 aromatic rings. The molecule has 2 atom stereocenters. The normalized spacial score (nSPS) is 22.2. The largest absolute Gasteiger partial charge is 0.332 e. The topological polar surface area (TPSA) is 84.2 Å². The van der Waals surface area contributed by atoms with Crippen LogP contribution in [0, 0.1) is 0 Å². The maximum atomic E-state index is 13.8. The second kappa shape index (κ2) is 8.25. The van der Waals surface area contributed by atoms with Crippen molar-refractivity contribution in [1.29, 1.82) is 0 Å². The van der Waals surface area contributed by atoms with E-state index in [9.17, 15) is 9.59 Å². The van der Waals surface area contributed by atoms with Gasteiger partial charge in [-0.15, -0.1) is 11.8 Å². The minimum absolute atomic E-state index is 0.188. The molecule has 1 aliphatic carbocycles. The third-order valence-electron chi connectivity index (χ3n) is 6.30. The number of carbonyl (C=O) groups excluding carboxylic acids is 2. The molecule has 4 heterocycles. The van der Waals surface area contributed by atoms with Crippen molar-refractivity contribution in [1.82, 2.24) is 24.6 Å². The van der Waals surface area contributed by atoms with Crippen molar-refractivity contribution in [3.63, 3.8) is 0 Å². The van der Waals surface area contributed by atoms with E-state index in [1.807, 2.05) is 42.6 Å². The van der Waals surface area contributed by atoms with Gasteiger partial charge in [0.05, 0.1) is 24.5 Å². The number of anilines is 1. The monoisotopic (exact) mass is 492 g/mol. The number of benzene rings is 1. The Kier molecular flexibility index (Phi) is 5.18. The molecule has 3 amide bonds. The van der Waals surface area contributed by atoms with Crippen LogP contribution in [0.1, 0.15) is 35.7 Å². The highest BCUT2D eigenvalue weighted by atomic mass is 35.5. The summed E-state index contributed by atoms with van der Waals surface area (Å²) in [6.07, 6.45) is 9.18. The number of hydrogen-bond acceptors (Lipinski definition) is 6. The molecule has 1 saturated carbocycles. The van der Waals surface area contributed by atoms with Crippen LogP contribution in [-0.4, -0.2) is 47.9 Å². The van der Waals surface area contributed by atoms with Crippen LogP contribution in [0.15, 0.2) is 55.1 Å². The smallest absolute Gasteiger partial charge is 0.308 e. The average molecular weight is 493 g/mol. The maximum Gasteiger partial charge on any atom is 0.332 e. The van der Waals surface area contributed by atoms with Crippen molar-refractivity contribution in [2.75, 3.05) is 4.90 Å². The van der Waals surface area contributed by atoms with Gasteiger partial charge >= 0.3 is 6.03 Å². The van der Waals surface area contributed by atoms with Gasteiger partial charge in [-0.2, -0.15) is 5.10 Å². The Morgan fingerprint density at radius 3 is 2.74 bits per heavy atom. The summed E-state index contributed by atoms with van der Waals surface area (Å²) < 4.78 is 1.60. The van der Waals surface area contributed by atoms with Crippen LogP contribution in [0.5, 0.6) is 0 Å². The van der Waals surface area contributed by atoms with E-state index in [1.165, 1.54) is 16.7 Å². The molecule has 10 heteroatoms. The van der Waals surface area contributed by atoms with Crippen LogP contribution in [0.4, 0.5) is 10.5 Å². The molecule has 2 unspecified atom stereocenters. The van der Waals surface area contributed by atoms with Crippen LogP contribution in [-0.2, 0) is 18.4 Å². The Morgan fingerprint density at radius 2 is 2.00 bits per heavy atom. The van der Waals surface area contributed by atoms with Crippen molar-refractivity contribution in [3.05, 3.63) is 77.1 Å². The van der Waals surface area contributed by atoms with Crippen LogP contribution >= 0.6 is 23.4 Å². The molecule has 2 aliphatic heterocycles. The fraction of sp³-hybridized carbons (Fsp3) is 0.292. The molecule has 0 bridgehead atoms. The first-order valence-corrected chi connectivity index (χ1v) is 12.3. The third kappa shape index (κ3) is 3.69. The van der Waals surface area contributed by atoms with Gasteiger partial charge in [0, 0.05) is 28.7 Å². The summed E-state index contributed by atoms with van der Waals surface area (Å²) in [5.41, 5.74) is 2.42. The Balaban J connectivity index is 1.40. The Labute approximate surface area is 205 Å². The quantitative estimate of drug-likeness (QED) is 0.530. The van der Waals surface area contributed by atoms with Crippen molar-refractivity contribution in [2.24, 2.45) is 7.05 Å². The van der Waals surface area contributed by atoms with E-state index in [2.05, 4.69) is 15.1 Å². The third-order valence-corrected chi connectivity index (χ3v) is 7.97. The Bertz CT molecular complexity index is 1340.